The predicted octanol–water partition coefficient (Wildman–Crippen LogP) is 5.14. The van der Waals surface area contributed by atoms with E-state index in [0.717, 1.165) is 17.0 Å². The molecule has 3 aromatic carbocycles. The number of hydrogen-bond donors (Lipinski definition) is 1. The number of methoxy groups -OCH3 is 1. The minimum atomic E-state index is -0.782. The third-order valence-corrected chi connectivity index (χ3v) is 5.47. The fourth-order valence-electron chi connectivity index (χ4n) is 3.13. The molecule has 10 heteroatoms. The average Bonchev–Trinajstić information content (AvgIpc) is 3.04. The molecule has 0 spiro atoms. The van der Waals surface area contributed by atoms with Crippen LogP contribution in [0.15, 0.2) is 77.5 Å². The van der Waals surface area contributed by atoms with Gasteiger partial charge >= 0.3 is 5.97 Å². The van der Waals surface area contributed by atoms with Crippen LogP contribution in [0.2, 0.25) is 5.02 Å². The van der Waals surface area contributed by atoms with Crippen LogP contribution in [0.4, 0.5) is 15.8 Å². The molecule has 3 aromatic rings. The molecule has 1 aliphatic rings. The molecule has 0 atom stereocenters. The molecular weight excluding hydrogens is 486 g/mol. The number of rotatable bonds is 6. The Morgan fingerprint density at radius 2 is 1.65 bits per heavy atom. The highest BCUT2D eigenvalue weighted by Crippen LogP contribution is 2.32. The predicted molar refractivity (Wildman–Crippen MR) is 125 cm³/mol. The molecule has 0 fully saturated rings. The highest BCUT2D eigenvalue weighted by Gasteiger charge is 2.39. The van der Waals surface area contributed by atoms with Crippen LogP contribution in [0.5, 0.6) is 11.5 Å². The monoisotopic (exact) mass is 500 g/mol. The topological polar surface area (TPSA) is 84.9 Å². The van der Waals surface area contributed by atoms with Gasteiger partial charge in [0.15, 0.2) is 0 Å². The average molecular weight is 501 g/mol. The third kappa shape index (κ3) is 4.59. The normalized spacial score (nSPS) is 13.4. The number of nitrogens with zero attached hydrogens (tertiary/aromatic N) is 1. The van der Waals surface area contributed by atoms with Gasteiger partial charge in [0, 0.05) is 11.8 Å². The molecule has 34 heavy (non-hydrogen) atoms. The molecule has 7 nitrogen and oxygen atoms in total. The number of imide groups is 1. The minimum absolute atomic E-state index is 0.0759. The number of amides is 2. The maximum Gasteiger partial charge on any atom is 0.343 e. The fraction of sp³-hybridized carbons (Fsp3) is 0.0417. The van der Waals surface area contributed by atoms with Crippen LogP contribution in [0.25, 0.3) is 0 Å². The number of esters is 1. The number of anilines is 2. The summed E-state index contributed by atoms with van der Waals surface area (Å²) in [6.07, 6.45) is 0. The summed E-state index contributed by atoms with van der Waals surface area (Å²) in [6.45, 7) is 0. The Balaban J connectivity index is 1.48. The van der Waals surface area contributed by atoms with Crippen LogP contribution in [0.1, 0.15) is 10.4 Å². The maximum absolute atomic E-state index is 13.5. The zero-order valence-electron chi connectivity index (χ0n) is 17.5. The quantitative estimate of drug-likeness (QED) is 0.286. The lowest BCUT2D eigenvalue weighted by Gasteiger charge is -2.15. The third-order valence-electron chi connectivity index (χ3n) is 4.83. The van der Waals surface area contributed by atoms with Crippen molar-refractivity contribution in [3.63, 3.8) is 0 Å². The van der Waals surface area contributed by atoms with Crippen molar-refractivity contribution in [2.45, 2.75) is 0 Å². The first-order valence-corrected chi connectivity index (χ1v) is 10.5. The van der Waals surface area contributed by atoms with Gasteiger partial charge in [0.25, 0.3) is 11.8 Å². The molecule has 0 saturated carbocycles. The van der Waals surface area contributed by atoms with Crippen LogP contribution in [0, 0.1) is 5.82 Å². The zero-order chi connectivity index (χ0) is 24.4. The Labute approximate surface area is 203 Å². The summed E-state index contributed by atoms with van der Waals surface area (Å²) >= 11 is 11.9. The van der Waals surface area contributed by atoms with Gasteiger partial charge in [0.05, 0.1) is 23.4 Å². The Morgan fingerprint density at radius 1 is 0.941 bits per heavy atom. The maximum atomic E-state index is 13.5. The highest BCUT2D eigenvalue weighted by molar-refractivity contribution is 6.53. The second kappa shape index (κ2) is 9.54. The lowest BCUT2D eigenvalue weighted by Crippen LogP contribution is -2.32. The standard InChI is InChI=1S/C24H15Cl2FN2O5/c1-33-16-3-2-4-17(12-16)34-24(32)13-5-7-14(8-6-13)28-21-20(26)22(30)29(23(21)31)15-9-10-19(27)18(25)11-15/h2-12,28H,1H3. The molecule has 172 valence electrons. The SMILES string of the molecule is COc1cccc(OC(=O)c2ccc(NC3=C(Cl)C(=O)N(c4ccc(F)c(Cl)c4)C3=O)cc2)c1. The number of benzene rings is 3. The largest absolute Gasteiger partial charge is 0.497 e. The highest BCUT2D eigenvalue weighted by atomic mass is 35.5. The van der Waals surface area contributed by atoms with E-state index >= 15 is 0 Å². The zero-order valence-corrected chi connectivity index (χ0v) is 19.0. The van der Waals surface area contributed by atoms with Crippen molar-refractivity contribution in [3.05, 3.63) is 93.9 Å². The molecule has 0 aliphatic carbocycles. The smallest absolute Gasteiger partial charge is 0.343 e. The molecule has 0 bridgehead atoms. The number of ether oxygens (including phenoxy) is 2. The van der Waals surface area contributed by atoms with Crippen molar-refractivity contribution in [1.82, 2.24) is 0 Å². The molecular formula is C24H15Cl2FN2O5. The van der Waals surface area contributed by atoms with E-state index in [0.29, 0.717) is 17.2 Å². The summed E-state index contributed by atoms with van der Waals surface area (Å²) in [5.74, 6) is -1.94. The summed E-state index contributed by atoms with van der Waals surface area (Å²) in [6, 6.07) is 16.1. The molecule has 0 aromatic heterocycles. The molecule has 2 amide bonds. The van der Waals surface area contributed by atoms with Gasteiger partial charge in [-0.2, -0.15) is 0 Å². The Bertz CT molecular complexity index is 1340. The van der Waals surface area contributed by atoms with E-state index in [1.165, 1.54) is 37.4 Å². The Morgan fingerprint density at radius 3 is 2.32 bits per heavy atom. The van der Waals surface area contributed by atoms with Gasteiger partial charge in [-0.25, -0.2) is 14.1 Å². The van der Waals surface area contributed by atoms with Crippen LogP contribution in [-0.4, -0.2) is 24.9 Å². The van der Waals surface area contributed by atoms with Gasteiger partial charge in [-0.1, -0.05) is 29.3 Å². The van der Waals surface area contributed by atoms with Gasteiger partial charge in [0.1, 0.15) is 28.0 Å². The lowest BCUT2D eigenvalue weighted by atomic mass is 10.2. The van der Waals surface area contributed by atoms with E-state index < -0.39 is 23.6 Å². The van der Waals surface area contributed by atoms with Crippen molar-refractivity contribution in [2.75, 3.05) is 17.3 Å². The van der Waals surface area contributed by atoms with Gasteiger partial charge in [-0.15, -0.1) is 0 Å². The first-order chi connectivity index (χ1) is 16.3. The van der Waals surface area contributed by atoms with E-state index in [1.807, 2.05) is 0 Å². The Hall–Kier alpha value is -3.88. The van der Waals surface area contributed by atoms with Crippen LogP contribution < -0.4 is 19.7 Å². The second-order valence-electron chi connectivity index (χ2n) is 7.00. The van der Waals surface area contributed by atoms with Gasteiger partial charge in [-0.3, -0.25) is 9.59 Å². The van der Waals surface area contributed by atoms with E-state index in [4.69, 9.17) is 32.7 Å². The lowest BCUT2D eigenvalue weighted by molar-refractivity contribution is -0.120. The van der Waals surface area contributed by atoms with E-state index in [1.54, 1.807) is 24.3 Å². The van der Waals surface area contributed by atoms with Crippen molar-refractivity contribution in [1.29, 1.82) is 0 Å². The van der Waals surface area contributed by atoms with Crippen LogP contribution in [-0.2, 0) is 9.59 Å². The fourth-order valence-corrected chi connectivity index (χ4v) is 3.52. The first-order valence-electron chi connectivity index (χ1n) is 9.75. The number of nitrogens with one attached hydrogen (secondary N) is 1. The molecule has 0 unspecified atom stereocenters. The summed E-state index contributed by atoms with van der Waals surface area (Å²) in [7, 11) is 1.50. The summed E-state index contributed by atoms with van der Waals surface area (Å²) < 4.78 is 23.9. The van der Waals surface area contributed by atoms with Gasteiger partial charge in [-0.05, 0) is 54.6 Å². The summed E-state index contributed by atoms with van der Waals surface area (Å²) in [5, 5.41) is 2.20. The number of halogens is 3. The van der Waals surface area contributed by atoms with Crippen LogP contribution in [0.3, 0.4) is 0 Å². The summed E-state index contributed by atoms with van der Waals surface area (Å²) in [4.78, 5) is 38.6. The van der Waals surface area contributed by atoms with Gasteiger partial charge < -0.3 is 14.8 Å². The Kier molecular flexibility index (Phi) is 6.54. The van der Waals surface area contributed by atoms with Crippen molar-refractivity contribution in [3.8, 4) is 11.5 Å². The van der Waals surface area contributed by atoms with Crippen molar-refractivity contribution >= 4 is 52.4 Å². The molecule has 0 saturated heterocycles. The van der Waals surface area contributed by atoms with E-state index in [2.05, 4.69) is 5.32 Å². The number of carbonyl (C=O) groups excluding carboxylic acids is 3. The van der Waals surface area contributed by atoms with Crippen molar-refractivity contribution < 1.29 is 28.2 Å². The molecule has 1 N–H and O–H groups in total. The molecule has 0 radical (unpaired) electrons. The van der Waals surface area contributed by atoms with E-state index in [9.17, 15) is 18.8 Å². The van der Waals surface area contributed by atoms with Crippen molar-refractivity contribution in [2.24, 2.45) is 0 Å². The van der Waals surface area contributed by atoms with E-state index in [-0.39, 0.29) is 27.0 Å². The molecule has 4 rings (SSSR count). The number of hydrogen-bond acceptors (Lipinski definition) is 6. The second-order valence-corrected chi connectivity index (χ2v) is 7.79. The molecule has 1 aliphatic heterocycles. The van der Waals surface area contributed by atoms with Gasteiger partial charge in [0.2, 0.25) is 0 Å². The minimum Gasteiger partial charge on any atom is -0.497 e. The first kappa shape index (κ1) is 23.3. The molecule has 1 heterocycles. The number of carbonyl (C=O) groups is 3. The van der Waals surface area contributed by atoms with Crippen LogP contribution >= 0.6 is 23.2 Å². The summed E-state index contributed by atoms with van der Waals surface area (Å²) in [5.41, 5.74) is 0.557.